The van der Waals surface area contributed by atoms with Crippen molar-refractivity contribution in [3.05, 3.63) is 36.5 Å². The van der Waals surface area contributed by atoms with Gasteiger partial charge in [-0.25, -0.2) is 4.79 Å². The van der Waals surface area contributed by atoms with Crippen LogP contribution in [0.1, 0.15) is 0 Å². The van der Waals surface area contributed by atoms with E-state index in [0.717, 1.165) is 29.9 Å². The van der Waals surface area contributed by atoms with Gasteiger partial charge in [0.05, 0.1) is 20.3 Å². The fourth-order valence-electron chi connectivity index (χ4n) is 2.54. The first kappa shape index (κ1) is 14.5. The number of ether oxygens (including phenoxy) is 3. The molecule has 1 N–H and O–H groups in total. The average molecular weight is 302 g/mol. The highest BCUT2D eigenvalue weighted by atomic mass is 16.7. The van der Waals surface area contributed by atoms with Gasteiger partial charge >= 0.3 is 6.16 Å². The molecule has 0 unspecified atom stereocenters. The summed E-state index contributed by atoms with van der Waals surface area (Å²) in [5.74, 6) is 0.396. The van der Waals surface area contributed by atoms with Crippen LogP contribution in [0.4, 0.5) is 10.5 Å². The fourth-order valence-corrected chi connectivity index (χ4v) is 2.54. The zero-order chi connectivity index (χ0) is 15.4. The Kier molecular flexibility index (Phi) is 4.29. The normalized spacial score (nSPS) is 14.7. The summed E-state index contributed by atoms with van der Waals surface area (Å²) in [5, 5.41) is 0. The molecule has 2 aromatic rings. The van der Waals surface area contributed by atoms with E-state index in [1.807, 2.05) is 36.5 Å². The second kappa shape index (κ2) is 6.53. The third-order valence-electron chi connectivity index (χ3n) is 3.58. The van der Waals surface area contributed by atoms with Crippen LogP contribution < -0.4 is 9.64 Å². The van der Waals surface area contributed by atoms with Gasteiger partial charge in [-0.3, -0.25) is 0 Å². The highest BCUT2D eigenvalue weighted by molar-refractivity contribution is 5.84. The maximum absolute atomic E-state index is 11.5. The molecule has 0 radical (unpaired) electrons. The number of nitrogens with zero attached hydrogens (tertiary/aromatic N) is 1. The van der Waals surface area contributed by atoms with Crippen LogP contribution in [0.25, 0.3) is 11.1 Å². The summed E-state index contributed by atoms with van der Waals surface area (Å²) in [6.07, 6.45) is 1.11. The molecule has 116 valence electrons. The predicted octanol–water partition coefficient (Wildman–Crippen LogP) is 2.66. The van der Waals surface area contributed by atoms with E-state index in [9.17, 15) is 4.79 Å². The molecular weight excluding hydrogens is 284 g/mol. The van der Waals surface area contributed by atoms with E-state index in [4.69, 9.17) is 9.47 Å². The van der Waals surface area contributed by atoms with Crippen molar-refractivity contribution in [3.63, 3.8) is 0 Å². The number of aromatic amines is 1. The monoisotopic (exact) mass is 302 g/mol. The van der Waals surface area contributed by atoms with E-state index < -0.39 is 6.16 Å². The van der Waals surface area contributed by atoms with E-state index in [1.54, 1.807) is 0 Å². The topological polar surface area (TPSA) is 63.8 Å². The number of anilines is 1. The minimum atomic E-state index is -0.740. The van der Waals surface area contributed by atoms with E-state index in [1.165, 1.54) is 7.11 Å². The van der Waals surface area contributed by atoms with Gasteiger partial charge in [0.1, 0.15) is 5.69 Å². The van der Waals surface area contributed by atoms with Crippen LogP contribution in [0.5, 0.6) is 5.88 Å². The molecule has 0 amide bonds. The first-order valence-electron chi connectivity index (χ1n) is 7.15. The molecule has 1 saturated heterocycles. The Balaban J connectivity index is 2.00. The van der Waals surface area contributed by atoms with Crippen molar-refractivity contribution in [3.8, 4) is 17.0 Å². The largest absolute Gasteiger partial charge is 0.514 e. The Labute approximate surface area is 128 Å². The number of methoxy groups -OCH3 is 1. The number of nitrogens with one attached hydrogen (secondary N) is 1. The number of morpholine rings is 1. The van der Waals surface area contributed by atoms with Gasteiger partial charge < -0.3 is 24.1 Å². The minimum absolute atomic E-state index is 0.396. The van der Waals surface area contributed by atoms with Gasteiger partial charge in [-0.1, -0.05) is 30.3 Å². The lowest BCUT2D eigenvalue weighted by molar-refractivity contribution is 0.117. The summed E-state index contributed by atoms with van der Waals surface area (Å²) in [6, 6.07) is 9.97. The van der Waals surface area contributed by atoms with Crippen molar-refractivity contribution < 1.29 is 19.0 Å². The molecule has 6 nitrogen and oxygen atoms in total. The number of rotatable bonds is 3. The van der Waals surface area contributed by atoms with Gasteiger partial charge in [-0.2, -0.15) is 0 Å². The summed E-state index contributed by atoms with van der Waals surface area (Å²) in [7, 11) is 1.29. The van der Waals surface area contributed by atoms with Crippen LogP contribution in [-0.4, -0.2) is 44.6 Å². The summed E-state index contributed by atoms with van der Waals surface area (Å²) >= 11 is 0. The maximum Gasteiger partial charge on any atom is 0.514 e. The van der Waals surface area contributed by atoms with Crippen LogP contribution in [0, 0.1) is 0 Å². The summed E-state index contributed by atoms with van der Waals surface area (Å²) in [4.78, 5) is 16.6. The molecule has 1 fully saturated rings. The van der Waals surface area contributed by atoms with Crippen LogP contribution >= 0.6 is 0 Å². The lowest BCUT2D eigenvalue weighted by Gasteiger charge is -2.29. The molecule has 0 atom stereocenters. The van der Waals surface area contributed by atoms with E-state index in [0.29, 0.717) is 19.1 Å². The minimum Gasteiger partial charge on any atom is -0.437 e. The Morgan fingerprint density at radius 1 is 1.23 bits per heavy atom. The number of carbonyl (C=O) groups is 1. The molecule has 2 heterocycles. The number of hydrogen-bond acceptors (Lipinski definition) is 5. The van der Waals surface area contributed by atoms with Crippen molar-refractivity contribution in [2.45, 2.75) is 0 Å². The highest BCUT2D eigenvalue weighted by Crippen LogP contribution is 2.39. The zero-order valence-electron chi connectivity index (χ0n) is 12.4. The molecule has 0 saturated carbocycles. The second-order valence-electron chi connectivity index (χ2n) is 4.90. The Hall–Kier alpha value is -2.47. The standard InChI is InChI=1S/C16H18N2O4/c1-20-16(19)22-15-14(18-7-9-21-10-8-18)13(11-17-15)12-5-3-2-4-6-12/h2-6,11,17H,7-10H2,1H3. The van der Waals surface area contributed by atoms with Crippen LogP contribution in [0.15, 0.2) is 36.5 Å². The third kappa shape index (κ3) is 2.92. The Morgan fingerprint density at radius 2 is 1.95 bits per heavy atom. The van der Waals surface area contributed by atoms with Crippen molar-refractivity contribution in [1.29, 1.82) is 0 Å². The fraction of sp³-hybridized carbons (Fsp3) is 0.312. The summed E-state index contributed by atoms with van der Waals surface area (Å²) in [6.45, 7) is 2.79. The molecule has 1 aromatic carbocycles. The number of benzene rings is 1. The smallest absolute Gasteiger partial charge is 0.437 e. The van der Waals surface area contributed by atoms with Crippen molar-refractivity contribution >= 4 is 11.8 Å². The maximum atomic E-state index is 11.5. The quantitative estimate of drug-likeness (QED) is 0.883. The van der Waals surface area contributed by atoms with Gasteiger partial charge in [0.25, 0.3) is 0 Å². The van der Waals surface area contributed by atoms with Crippen LogP contribution in [-0.2, 0) is 9.47 Å². The molecular formula is C16H18N2O4. The van der Waals surface area contributed by atoms with Crippen molar-refractivity contribution in [2.75, 3.05) is 38.3 Å². The molecule has 1 aliphatic rings. The number of carbonyl (C=O) groups excluding carboxylic acids is 1. The van der Waals surface area contributed by atoms with Gasteiger partial charge in [-0.15, -0.1) is 0 Å². The highest BCUT2D eigenvalue weighted by Gasteiger charge is 2.24. The van der Waals surface area contributed by atoms with Gasteiger partial charge in [0, 0.05) is 24.8 Å². The van der Waals surface area contributed by atoms with Gasteiger partial charge in [0.2, 0.25) is 5.88 Å². The molecule has 1 aliphatic heterocycles. The molecule has 0 spiro atoms. The third-order valence-corrected chi connectivity index (χ3v) is 3.58. The van der Waals surface area contributed by atoms with Gasteiger partial charge in [0.15, 0.2) is 0 Å². The molecule has 0 bridgehead atoms. The Bertz CT molecular complexity index is 633. The zero-order valence-corrected chi connectivity index (χ0v) is 12.4. The van der Waals surface area contributed by atoms with E-state index in [-0.39, 0.29) is 0 Å². The molecule has 6 heteroatoms. The predicted molar refractivity (Wildman–Crippen MR) is 82.3 cm³/mol. The van der Waals surface area contributed by atoms with Crippen molar-refractivity contribution in [1.82, 2.24) is 4.98 Å². The SMILES string of the molecule is COC(=O)Oc1[nH]cc(-c2ccccc2)c1N1CCOCC1. The lowest BCUT2D eigenvalue weighted by Crippen LogP contribution is -2.36. The van der Waals surface area contributed by atoms with Crippen LogP contribution in [0.2, 0.25) is 0 Å². The molecule has 3 rings (SSSR count). The summed E-state index contributed by atoms with van der Waals surface area (Å²) < 4.78 is 15.2. The number of hydrogen-bond donors (Lipinski definition) is 1. The summed E-state index contributed by atoms with van der Waals surface area (Å²) in [5.41, 5.74) is 2.90. The lowest BCUT2D eigenvalue weighted by atomic mass is 10.1. The molecule has 1 aromatic heterocycles. The van der Waals surface area contributed by atoms with E-state index >= 15 is 0 Å². The number of H-pyrrole nitrogens is 1. The average Bonchev–Trinajstić information content (AvgIpc) is 3.00. The van der Waals surface area contributed by atoms with E-state index in [2.05, 4.69) is 14.6 Å². The molecule has 22 heavy (non-hydrogen) atoms. The number of aromatic nitrogens is 1. The Morgan fingerprint density at radius 3 is 2.64 bits per heavy atom. The van der Waals surface area contributed by atoms with Crippen molar-refractivity contribution in [2.24, 2.45) is 0 Å². The molecule has 0 aliphatic carbocycles. The van der Waals surface area contributed by atoms with Crippen LogP contribution in [0.3, 0.4) is 0 Å². The first-order valence-corrected chi connectivity index (χ1v) is 7.15. The first-order chi connectivity index (χ1) is 10.8. The second-order valence-corrected chi connectivity index (χ2v) is 4.90. The van der Waals surface area contributed by atoms with Gasteiger partial charge in [-0.05, 0) is 5.56 Å².